The summed E-state index contributed by atoms with van der Waals surface area (Å²) in [6.45, 7) is 12.0. The van der Waals surface area contributed by atoms with Crippen molar-refractivity contribution in [3.63, 3.8) is 0 Å². The molecule has 0 spiro atoms. The lowest BCUT2D eigenvalue weighted by molar-refractivity contribution is -0.0123. The van der Waals surface area contributed by atoms with Gasteiger partial charge >= 0.3 is 0 Å². The van der Waals surface area contributed by atoms with E-state index in [1.807, 2.05) is 26.0 Å². The number of hydrogen-bond acceptors (Lipinski definition) is 6. The van der Waals surface area contributed by atoms with Crippen LogP contribution in [-0.2, 0) is 4.74 Å². The Morgan fingerprint density at radius 2 is 2.19 bits per heavy atom. The maximum Gasteiger partial charge on any atom is 0.141 e. The molecule has 0 amide bonds. The second kappa shape index (κ2) is 7.90. The zero-order chi connectivity index (χ0) is 19.6. The third-order valence-electron chi connectivity index (χ3n) is 4.96. The molecule has 1 aliphatic heterocycles. The molecule has 1 fully saturated rings. The summed E-state index contributed by atoms with van der Waals surface area (Å²) in [5, 5.41) is 10.6. The highest BCUT2D eigenvalue weighted by Crippen LogP contribution is 2.35. The predicted octanol–water partition coefficient (Wildman–Crippen LogP) is 3.04. The summed E-state index contributed by atoms with van der Waals surface area (Å²) in [6.07, 6.45) is 7.14. The highest BCUT2D eigenvalue weighted by Gasteiger charge is 2.32. The van der Waals surface area contributed by atoms with E-state index in [0.717, 1.165) is 40.6 Å². The van der Waals surface area contributed by atoms with E-state index in [9.17, 15) is 5.11 Å². The number of aliphatic imine (C=N–C) groups is 1. The van der Waals surface area contributed by atoms with Crippen LogP contribution in [0.25, 0.3) is 11.6 Å². The predicted molar refractivity (Wildman–Crippen MR) is 110 cm³/mol. The molecule has 6 nitrogen and oxygen atoms in total. The van der Waals surface area contributed by atoms with Crippen LogP contribution in [0.2, 0.25) is 0 Å². The van der Waals surface area contributed by atoms with Crippen molar-refractivity contribution in [2.24, 2.45) is 4.99 Å². The molecule has 2 unspecified atom stereocenters. The second-order valence-electron chi connectivity index (χ2n) is 7.63. The van der Waals surface area contributed by atoms with Crippen LogP contribution >= 0.6 is 0 Å². The highest BCUT2D eigenvalue weighted by atomic mass is 16.5. The van der Waals surface area contributed by atoms with Gasteiger partial charge in [0.2, 0.25) is 0 Å². The van der Waals surface area contributed by atoms with Gasteiger partial charge in [0.15, 0.2) is 0 Å². The topological polar surface area (TPSA) is 70.8 Å². The number of aromatic nitrogens is 2. The largest absolute Gasteiger partial charge is 0.386 e. The number of ether oxygens (including phenoxy) is 1. The van der Waals surface area contributed by atoms with Crippen LogP contribution in [0.4, 0.5) is 5.82 Å². The minimum Gasteiger partial charge on any atom is -0.386 e. The number of allylic oxidation sites excluding steroid dienone is 3. The van der Waals surface area contributed by atoms with Gasteiger partial charge in [-0.1, -0.05) is 13.0 Å². The first-order valence-electron chi connectivity index (χ1n) is 9.71. The van der Waals surface area contributed by atoms with E-state index in [1.54, 1.807) is 6.92 Å². The van der Waals surface area contributed by atoms with Crippen LogP contribution in [0.1, 0.15) is 51.2 Å². The third kappa shape index (κ3) is 4.28. The van der Waals surface area contributed by atoms with Gasteiger partial charge in [-0.2, -0.15) is 0 Å². The number of hydrogen-bond donors (Lipinski definition) is 1. The molecule has 6 heteroatoms. The highest BCUT2D eigenvalue weighted by molar-refractivity contribution is 6.33. The normalized spacial score (nSPS) is 27.0. The van der Waals surface area contributed by atoms with Crippen LogP contribution in [0, 0.1) is 6.92 Å². The minimum atomic E-state index is -0.920. The Hall–Kier alpha value is -2.05. The lowest BCUT2D eigenvalue weighted by Gasteiger charge is -2.31. The summed E-state index contributed by atoms with van der Waals surface area (Å²) in [6, 6.07) is 0.253. The van der Waals surface area contributed by atoms with Crippen LogP contribution in [0.5, 0.6) is 0 Å². The Bertz CT molecular complexity index is 796. The average Bonchev–Trinajstić information content (AvgIpc) is 2.81. The summed E-state index contributed by atoms with van der Waals surface area (Å²) in [5.41, 5.74) is 2.98. The smallest absolute Gasteiger partial charge is 0.141 e. The number of rotatable bonds is 3. The van der Waals surface area contributed by atoms with Gasteiger partial charge in [-0.15, -0.1) is 0 Å². The van der Waals surface area contributed by atoms with Gasteiger partial charge < -0.3 is 14.7 Å². The first-order chi connectivity index (χ1) is 12.8. The van der Waals surface area contributed by atoms with Crippen molar-refractivity contribution in [1.82, 2.24) is 9.97 Å². The van der Waals surface area contributed by atoms with Crippen molar-refractivity contribution in [2.75, 3.05) is 31.2 Å². The van der Waals surface area contributed by atoms with E-state index in [0.29, 0.717) is 26.3 Å². The van der Waals surface area contributed by atoms with Gasteiger partial charge in [-0.25, -0.2) is 9.97 Å². The van der Waals surface area contributed by atoms with Gasteiger partial charge in [0.05, 0.1) is 36.7 Å². The lowest BCUT2D eigenvalue weighted by Crippen LogP contribution is -2.42. The molecule has 1 N–H and O–H groups in total. The van der Waals surface area contributed by atoms with Gasteiger partial charge in [0, 0.05) is 18.2 Å². The summed E-state index contributed by atoms with van der Waals surface area (Å²) in [4.78, 5) is 16.4. The van der Waals surface area contributed by atoms with Crippen LogP contribution in [0.3, 0.4) is 0 Å². The Morgan fingerprint density at radius 3 is 2.89 bits per heavy atom. The van der Waals surface area contributed by atoms with Crippen molar-refractivity contribution in [3.05, 3.63) is 29.2 Å². The molecule has 2 aliphatic rings. The van der Waals surface area contributed by atoms with E-state index >= 15 is 0 Å². The third-order valence-corrected chi connectivity index (χ3v) is 4.96. The van der Waals surface area contributed by atoms with Gasteiger partial charge in [0.1, 0.15) is 17.2 Å². The van der Waals surface area contributed by atoms with E-state index < -0.39 is 5.60 Å². The Labute approximate surface area is 161 Å². The van der Waals surface area contributed by atoms with Gasteiger partial charge in [0.25, 0.3) is 0 Å². The molecule has 0 bridgehead atoms. The van der Waals surface area contributed by atoms with Crippen molar-refractivity contribution >= 4 is 23.2 Å². The van der Waals surface area contributed by atoms with Crippen molar-refractivity contribution in [3.8, 4) is 0 Å². The summed E-state index contributed by atoms with van der Waals surface area (Å²) in [5.74, 6) is 1.56. The molecule has 3 rings (SSSR count). The fourth-order valence-corrected chi connectivity index (χ4v) is 3.48. The molecule has 2 atom stereocenters. The lowest BCUT2D eigenvalue weighted by atomic mass is 9.93. The fourth-order valence-electron chi connectivity index (χ4n) is 3.48. The molecule has 0 radical (unpaired) electrons. The summed E-state index contributed by atoms with van der Waals surface area (Å²) >= 11 is 0. The molecular formula is C21H30N4O2. The maximum atomic E-state index is 10.6. The molecule has 1 saturated heterocycles. The number of nitrogens with zero attached hydrogens (tertiary/aromatic N) is 4. The quantitative estimate of drug-likeness (QED) is 0.885. The molecular weight excluding hydrogens is 340 g/mol. The fraction of sp³-hybridized carbons (Fsp3) is 0.571. The van der Waals surface area contributed by atoms with E-state index in [4.69, 9.17) is 14.7 Å². The number of aliphatic hydroxyl groups is 1. The van der Waals surface area contributed by atoms with E-state index in [-0.39, 0.29) is 6.04 Å². The van der Waals surface area contributed by atoms with Gasteiger partial charge in [-0.05, 0) is 46.3 Å². The van der Waals surface area contributed by atoms with Crippen molar-refractivity contribution in [1.29, 1.82) is 0 Å². The minimum absolute atomic E-state index is 0.253. The molecule has 1 aromatic heterocycles. The molecule has 27 heavy (non-hydrogen) atoms. The van der Waals surface area contributed by atoms with Crippen molar-refractivity contribution < 1.29 is 9.84 Å². The zero-order valence-electron chi connectivity index (χ0n) is 17.0. The second-order valence-corrected chi connectivity index (χ2v) is 7.63. The average molecular weight is 370 g/mol. The number of aryl methyl sites for hydroxylation is 1. The number of β-amino-alcohol motifs (C(OH)–C–C–N with tert-alkyl or cyclic N) is 1. The Balaban J connectivity index is 2.12. The van der Waals surface area contributed by atoms with E-state index in [1.165, 1.54) is 0 Å². The molecule has 146 valence electrons. The standard InChI is InChI=1S/C21H30N4O2/c1-6-14(3)22-17-8-9-18-19(16(17)7-2)20(24-15(4)23-18)25-10-11-27-13-21(5,26)12-25/h7-9,14,26H,6,10-13H2,1-5H3/b16-7+,22-17?. The van der Waals surface area contributed by atoms with Crippen LogP contribution in [-0.4, -0.2) is 58.7 Å². The Morgan fingerprint density at radius 1 is 1.41 bits per heavy atom. The first kappa shape index (κ1) is 19.7. The summed E-state index contributed by atoms with van der Waals surface area (Å²) in [7, 11) is 0. The molecule has 1 aromatic rings. The molecule has 2 heterocycles. The monoisotopic (exact) mass is 370 g/mol. The number of fused-ring (bicyclic) bond motifs is 1. The maximum absolute atomic E-state index is 10.6. The molecule has 1 aliphatic carbocycles. The molecule has 0 aromatic carbocycles. The van der Waals surface area contributed by atoms with Crippen LogP contribution < -0.4 is 4.90 Å². The SMILES string of the molecule is C/C=C1\C(=NC(C)CC)C=Cc2nc(C)nc(N3CCOCC(C)(O)C3)c21. The summed E-state index contributed by atoms with van der Waals surface area (Å²) < 4.78 is 5.59. The van der Waals surface area contributed by atoms with E-state index in [2.05, 4.69) is 29.8 Å². The molecule has 0 saturated carbocycles. The first-order valence-corrected chi connectivity index (χ1v) is 9.71. The Kier molecular flexibility index (Phi) is 5.77. The van der Waals surface area contributed by atoms with Gasteiger partial charge in [-0.3, -0.25) is 4.99 Å². The van der Waals surface area contributed by atoms with Crippen LogP contribution in [0.15, 0.2) is 17.1 Å². The number of anilines is 1. The zero-order valence-corrected chi connectivity index (χ0v) is 17.0. The van der Waals surface area contributed by atoms with Crippen molar-refractivity contribution in [2.45, 2.75) is 52.7 Å².